The Balaban J connectivity index is 0.00000220. The summed E-state index contributed by atoms with van der Waals surface area (Å²) in [4.78, 5) is 23.4. The molecule has 0 radical (unpaired) electrons. The van der Waals surface area contributed by atoms with Crippen molar-refractivity contribution in [3.8, 4) is 0 Å². The molecule has 0 unspecified atom stereocenters. The van der Waals surface area contributed by atoms with E-state index in [1.54, 1.807) is 31.2 Å². The molecule has 1 aromatic carbocycles. The van der Waals surface area contributed by atoms with Crippen LogP contribution in [0, 0.1) is 0 Å². The molecule has 4 N–H and O–H groups in total. The Labute approximate surface area is 131 Å². The van der Waals surface area contributed by atoms with E-state index in [-0.39, 0.29) is 24.2 Å². The van der Waals surface area contributed by atoms with Crippen LogP contribution in [0.3, 0.4) is 0 Å². The largest absolute Gasteiger partial charge is 0.326 e. The van der Waals surface area contributed by atoms with E-state index in [0.29, 0.717) is 12.1 Å². The number of hydrogen-bond donors (Lipinski definition) is 3. The van der Waals surface area contributed by atoms with Crippen molar-refractivity contribution in [3.05, 3.63) is 24.3 Å². The fraction of sp³-hybridized carbons (Fsp3) is 0.467. The molecular weight excluding hydrogens is 290 g/mol. The van der Waals surface area contributed by atoms with Gasteiger partial charge in [-0.1, -0.05) is 19.8 Å². The molecule has 1 aromatic rings. The third-order valence-corrected chi connectivity index (χ3v) is 3.70. The Hall–Kier alpha value is -1.59. The van der Waals surface area contributed by atoms with Crippen molar-refractivity contribution in [2.24, 2.45) is 5.73 Å². The van der Waals surface area contributed by atoms with E-state index in [1.807, 2.05) is 0 Å². The topological polar surface area (TPSA) is 84.2 Å². The first kappa shape index (κ1) is 17.5. The molecule has 1 aliphatic carbocycles. The molecule has 116 valence electrons. The Morgan fingerprint density at radius 1 is 1.10 bits per heavy atom. The molecule has 0 bridgehead atoms. The molecule has 0 atom stereocenters. The number of nitrogens with two attached hydrogens (primary N) is 1. The van der Waals surface area contributed by atoms with Gasteiger partial charge in [-0.25, -0.2) is 0 Å². The smallest absolute Gasteiger partial charge is 0.244 e. The molecule has 0 heterocycles. The Morgan fingerprint density at radius 3 is 2.05 bits per heavy atom. The van der Waals surface area contributed by atoms with Crippen LogP contribution in [-0.4, -0.2) is 17.4 Å². The molecule has 5 nitrogen and oxygen atoms in total. The lowest BCUT2D eigenvalue weighted by atomic mass is 9.98. The number of carbonyl (C=O) groups excluding carboxylic acids is 2. The minimum Gasteiger partial charge on any atom is -0.326 e. The van der Waals surface area contributed by atoms with Gasteiger partial charge in [0.2, 0.25) is 11.8 Å². The maximum absolute atomic E-state index is 12.1. The van der Waals surface area contributed by atoms with Gasteiger partial charge in [0.1, 0.15) is 0 Å². The predicted molar refractivity (Wildman–Crippen MR) is 86.6 cm³/mol. The zero-order valence-corrected chi connectivity index (χ0v) is 13.0. The number of anilines is 2. The van der Waals surface area contributed by atoms with Crippen LogP contribution in [0.1, 0.15) is 39.0 Å². The van der Waals surface area contributed by atoms with E-state index >= 15 is 0 Å². The van der Waals surface area contributed by atoms with Crippen LogP contribution in [-0.2, 0) is 9.59 Å². The number of carbonyl (C=O) groups is 2. The molecule has 0 saturated heterocycles. The van der Waals surface area contributed by atoms with Crippen LogP contribution in [0.4, 0.5) is 11.4 Å². The molecule has 0 aliphatic heterocycles. The summed E-state index contributed by atoms with van der Waals surface area (Å²) in [6.07, 6.45) is 3.93. The van der Waals surface area contributed by atoms with Crippen molar-refractivity contribution < 1.29 is 9.59 Å². The third-order valence-electron chi connectivity index (χ3n) is 3.70. The molecule has 21 heavy (non-hydrogen) atoms. The summed E-state index contributed by atoms with van der Waals surface area (Å²) in [7, 11) is 0. The first-order valence-corrected chi connectivity index (χ1v) is 7.04. The monoisotopic (exact) mass is 311 g/mol. The van der Waals surface area contributed by atoms with Crippen molar-refractivity contribution in [1.29, 1.82) is 0 Å². The van der Waals surface area contributed by atoms with Crippen molar-refractivity contribution in [2.45, 2.75) is 44.6 Å². The maximum Gasteiger partial charge on any atom is 0.244 e. The first-order valence-electron chi connectivity index (χ1n) is 7.04. The van der Waals surface area contributed by atoms with E-state index < -0.39 is 5.54 Å². The van der Waals surface area contributed by atoms with E-state index in [1.165, 1.54) is 0 Å². The predicted octanol–water partition coefficient (Wildman–Crippen LogP) is 2.67. The summed E-state index contributed by atoms with van der Waals surface area (Å²) >= 11 is 0. The van der Waals surface area contributed by atoms with Gasteiger partial charge in [0, 0.05) is 17.8 Å². The molecule has 1 saturated carbocycles. The fourth-order valence-corrected chi connectivity index (χ4v) is 2.37. The summed E-state index contributed by atoms with van der Waals surface area (Å²) in [6.45, 7) is 1.80. The Morgan fingerprint density at radius 2 is 1.57 bits per heavy atom. The quantitative estimate of drug-likeness (QED) is 0.799. The summed E-state index contributed by atoms with van der Waals surface area (Å²) in [5.41, 5.74) is 6.78. The minimum atomic E-state index is -0.727. The normalized spacial score (nSPS) is 15.9. The average Bonchev–Trinajstić information content (AvgIpc) is 2.89. The van der Waals surface area contributed by atoms with Crippen LogP contribution in [0.2, 0.25) is 0 Å². The summed E-state index contributed by atoms with van der Waals surface area (Å²) < 4.78 is 0. The highest BCUT2D eigenvalue weighted by Crippen LogP contribution is 2.28. The van der Waals surface area contributed by atoms with E-state index in [9.17, 15) is 9.59 Å². The second-order valence-corrected chi connectivity index (χ2v) is 5.30. The highest BCUT2D eigenvalue weighted by Gasteiger charge is 2.36. The highest BCUT2D eigenvalue weighted by molar-refractivity contribution is 5.98. The van der Waals surface area contributed by atoms with Crippen LogP contribution in [0.15, 0.2) is 24.3 Å². The molecule has 2 rings (SSSR count). The lowest BCUT2D eigenvalue weighted by Gasteiger charge is -2.22. The lowest BCUT2D eigenvalue weighted by molar-refractivity contribution is -0.121. The second kappa shape index (κ2) is 7.43. The van der Waals surface area contributed by atoms with Crippen LogP contribution in [0.5, 0.6) is 0 Å². The molecule has 1 fully saturated rings. The van der Waals surface area contributed by atoms with Gasteiger partial charge in [0.15, 0.2) is 0 Å². The number of hydrogen-bond acceptors (Lipinski definition) is 3. The van der Waals surface area contributed by atoms with Gasteiger partial charge in [-0.3, -0.25) is 9.59 Å². The highest BCUT2D eigenvalue weighted by atomic mass is 35.5. The summed E-state index contributed by atoms with van der Waals surface area (Å²) in [5.74, 6) is -0.158. The number of benzene rings is 1. The van der Waals surface area contributed by atoms with Gasteiger partial charge in [-0.15, -0.1) is 12.4 Å². The molecule has 0 aromatic heterocycles. The Kier molecular flexibility index (Phi) is 6.18. The molecule has 1 aliphatic rings. The van der Waals surface area contributed by atoms with Crippen molar-refractivity contribution in [1.82, 2.24) is 0 Å². The second-order valence-electron chi connectivity index (χ2n) is 5.30. The SMILES string of the molecule is CCC(=O)Nc1ccc(NC(=O)C2(N)CCCC2)cc1.Cl. The molecular formula is C15H22ClN3O2. The molecule has 0 spiro atoms. The summed E-state index contributed by atoms with van der Waals surface area (Å²) in [5, 5.41) is 5.60. The van der Waals surface area contributed by atoms with Crippen LogP contribution < -0.4 is 16.4 Å². The van der Waals surface area contributed by atoms with Gasteiger partial charge in [0.05, 0.1) is 5.54 Å². The zero-order valence-electron chi connectivity index (χ0n) is 12.1. The standard InChI is InChI=1S/C15H21N3O2.ClH/c1-2-13(19)17-11-5-7-12(8-6-11)18-14(20)15(16)9-3-4-10-15;/h5-8H,2-4,9-10,16H2,1H3,(H,17,19)(H,18,20);1H. The third kappa shape index (κ3) is 4.44. The van der Waals surface area contributed by atoms with E-state index in [4.69, 9.17) is 5.73 Å². The fourth-order valence-electron chi connectivity index (χ4n) is 2.37. The molecule has 6 heteroatoms. The number of rotatable bonds is 4. The van der Waals surface area contributed by atoms with E-state index in [2.05, 4.69) is 10.6 Å². The van der Waals surface area contributed by atoms with Crippen molar-refractivity contribution in [3.63, 3.8) is 0 Å². The lowest BCUT2D eigenvalue weighted by Crippen LogP contribution is -2.48. The minimum absolute atomic E-state index is 0. The van der Waals surface area contributed by atoms with Gasteiger partial charge >= 0.3 is 0 Å². The summed E-state index contributed by atoms with van der Waals surface area (Å²) in [6, 6.07) is 7.06. The van der Waals surface area contributed by atoms with Crippen molar-refractivity contribution >= 4 is 35.6 Å². The molecule has 2 amide bonds. The van der Waals surface area contributed by atoms with Gasteiger partial charge in [0.25, 0.3) is 0 Å². The van der Waals surface area contributed by atoms with Crippen molar-refractivity contribution in [2.75, 3.05) is 10.6 Å². The zero-order chi connectivity index (χ0) is 14.6. The van der Waals surface area contributed by atoms with Gasteiger partial charge in [-0.05, 0) is 37.1 Å². The number of amides is 2. The van der Waals surface area contributed by atoms with Crippen LogP contribution in [0.25, 0.3) is 0 Å². The van der Waals surface area contributed by atoms with Gasteiger partial charge < -0.3 is 16.4 Å². The van der Waals surface area contributed by atoms with Gasteiger partial charge in [-0.2, -0.15) is 0 Å². The Bertz CT molecular complexity index is 496. The van der Waals surface area contributed by atoms with Crippen LogP contribution >= 0.6 is 12.4 Å². The number of halogens is 1. The van der Waals surface area contributed by atoms with E-state index in [0.717, 1.165) is 31.4 Å². The number of nitrogens with one attached hydrogen (secondary N) is 2. The first-order chi connectivity index (χ1) is 9.53. The maximum atomic E-state index is 12.1. The average molecular weight is 312 g/mol.